The first-order valence-corrected chi connectivity index (χ1v) is 10.1. The summed E-state index contributed by atoms with van der Waals surface area (Å²) in [4.78, 5) is 16.1. The molecule has 0 bridgehead atoms. The van der Waals surface area contributed by atoms with Crippen LogP contribution in [-0.4, -0.2) is 68.1 Å². The van der Waals surface area contributed by atoms with Crippen molar-refractivity contribution in [3.8, 4) is 0 Å². The molecule has 3 rings (SSSR count). The second-order valence-electron chi connectivity index (χ2n) is 7.90. The molecular weight excluding hydrogens is 428 g/mol. The Balaban J connectivity index is 1.72. The number of halogens is 6. The molecule has 174 valence electrons. The number of anilines is 1. The highest BCUT2D eigenvalue weighted by Crippen LogP contribution is 2.36. The fraction of sp³-hybridized carbons (Fsp3) is 0.650. The zero-order chi connectivity index (χ0) is 22.8. The number of piperazine rings is 1. The standard InChI is InChI=1S/C20H25F6N3O2/c1-13-10-15(28-7-2-3-8-28)5-4-14(13)12-29-9-6-27-11-16(29)17(30)31-18(19(21,22)23)20(24,25)26/h4-5,10,16,18,27H,2-3,6-9,11-12H2,1H3. The van der Waals surface area contributed by atoms with Crippen LogP contribution in [0, 0.1) is 6.92 Å². The number of esters is 1. The van der Waals surface area contributed by atoms with E-state index in [0.29, 0.717) is 6.54 Å². The lowest BCUT2D eigenvalue weighted by molar-refractivity contribution is -0.314. The second kappa shape index (κ2) is 9.23. The molecule has 31 heavy (non-hydrogen) atoms. The highest BCUT2D eigenvalue weighted by atomic mass is 19.4. The average Bonchev–Trinajstić information content (AvgIpc) is 3.21. The molecule has 2 heterocycles. The summed E-state index contributed by atoms with van der Waals surface area (Å²) in [7, 11) is 0. The number of hydrogen-bond donors (Lipinski definition) is 1. The summed E-state index contributed by atoms with van der Waals surface area (Å²) in [5.74, 6) is -1.54. The fourth-order valence-electron chi connectivity index (χ4n) is 3.93. The van der Waals surface area contributed by atoms with E-state index in [2.05, 4.69) is 15.0 Å². The van der Waals surface area contributed by atoms with Gasteiger partial charge in [0.1, 0.15) is 6.04 Å². The maximum absolute atomic E-state index is 12.8. The van der Waals surface area contributed by atoms with Crippen LogP contribution in [0.3, 0.4) is 0 Å². The Bertz CT molecular complexity index is 763. The number of carbonyl (C=O) groups is 1. The van der Waals surface area contributed by atoms with Crippen molar-refractivity contribution in [1.82, 2.24) is 10.2 Å². The van der Waals surface area contributed by atoms with Gasteiger partial charge < -0.3 is 15.0 Å². The van der Waals surface area contributed by atoms with Gasteiger partial charge in [-0.3, -0.25) is 9.69 Å². The van der Waals surface area contributed by atoms with Gasteiger partial charge in [-0.15, -0.1) is 0 Å². The van der Waals surface area contributed by atoms with Crippen LogP contribution in [0.4, 0.5) is 32.0 Å². The summed E-state index contributed by atoms with van der Waals surface area (Å²) in [5, 5.41) is 2.83. The Morgan fingerprint density at radius 1 is 1.13 bits per heavy atom. The minimum absolute atomic E-state index is 0.0911. The van der Waals surface area contributed by atoms with Crippen LogP contribution < -0.4 is 10.2 Å². The van der Waals surface area contributed by atoms with Crippen LogP contribution in [-0.2, 0) is 16.1 Å². The monoisotopic (exact) mass is 453 g/mol. The lowest BCUT2D eigenvalue weighted by Gasteiger charge is -2.36. The molecule has 1 N–H and O–H groups in total. The van der Waals surface area contributed by atoms with Gasteiger partial charge in [0, 0.05) is 45.0 Å². The Labute approximate surface area is 176 Å². The van der Waals surface area contributed by atoms with E-state index in [1.807, 2.05) is 25.1 Å². The van der Waals surface area contributed by atoms with E-state index in [1.54, 1.807) is 4.90 Å². The number of ether oxygens (including phenoxy) is 1. The fourth-order valence-corrected chi connectivity index (χ4v) is 3.93. The van der Waals surface area contributed by atoms with Crippen LogP contribution in [0.25, 0.3) is 0 Å². The Morgan fingerprint density at radius 2 is 1.77 bits per heavy atom. The number of hydrogen-bond acceptors (Lipinski definition) is 5. The SMILES string of the molecule is Cc1cc(N2CCCC2)ccc1CN1CCNCC1C(=O)OC(C(F)(F)F)C(F)(F)F. The van der Waals surface area contributed by atoms with Crippen molar-refractivity contribution >= 4 is 11.7 Å². The third-order valence-electron chi connectivity index (χ3n) is 5.63. The molecule has 2 fully saturated rings. The van der Waals surface area contributed by atoms with Gasteiger partial charge in [-0.2, -0.15) is 26.3 Å². The number of benzene rings is 1. The first-order valence-electron chi connectivity index (χ1n) is 10.1. The van der Waals surface area contributed by atoms with Crippen molar-refractivity contribution in [3.63, 3.8) is 0 Å². The van der Waals surface area contributed by atoms with Crippen molar-refractivity contribution in [2.45, 2.75) is 50.8 Å². The van der Waals surface area contributed by atoms with Gasteiger partial charge in [-0.05, 0) is 43.0 Å². The highest BCUT2D eigenvalue weighted by molar-refractivity contribution is 5.76. The summed E-state index contributed by atoms with van der Waals surface area (Å²) in [5.41, 5.74) is 2.87. The summed E-state index contributed by atoms with van der Waals surface area (Å²) in [6, 6.07) is 4.60. The summed E-state index contributed by atoms with van der Waals surface area (Å²) < 4.78 is 80.6. The van der Waals surface area contributed by atoms with Crippen LogP contribution >= 0.6 is 0 Å². The molecule has 11 heteroatoms. The Kier molecular flexibility index (Phi) is 7.04. The van der Waals surface area contributed by atoms with Gasteiger partial charge in [0.05, 0.1) is 0 Å². The van der Waals surface area contributed by atoms with Gasteiger partial charge in [-0.25, -0.2) is 0 Å². The van der Waals surface area contributed by atoms with Gasteiger partial charge in [0.15, 0.2) is 0 Å². The summed E-state index contributed by atoms with van der Waals surface area (Å²) in [6.45, 7) is 4.72. The maximum Gasteiger partial charge on any atom is 0.434 e. The molecule has 1 aromatic carbocycles. The van der Waals surface area contributed by atoms with Crippen LogP contribution in [0.2, 0.25) is 0 Å². The summed E-state index contributed by atoms with van der Waals surface area (Å²) >= 11 is 0. The molecule has 2 aliphatic heterocycles. The van der Waals surface area contributed by atoms with Crippen LogP contribution in [0.5, 0.6) is 0 Å². The van der Waals surface area contributed by atoms with Gasteiger partial charge >= 0.3 is 18.3 Å². The van der Waals surface area contributed by atoms with E-state index in [-0.39, 0.29) is 19.6 Å². The zero-order valence-electron chi connectivity index (χ0n) is 17.0. The quantitative estimate of drug-likeness (QED) is 0.547. The van der Waals surface area contributed by atoms with Crippen molar-refractivity contribution in [2.75, 3.05) is 37.6 Å². The molecule has 1 atom stereocenters. The van der Waals surface area contributed by atoms with E-state index in [1.165, 1.54) is 0 Å². The second-order valence-corrected chi connectivity index (χ2v) is 7.90. The van der Waals surface area contributed by atoms with Gasteiger partial charge in [-0.1, -0.05) is 6.07 Å². The molecule has 2 aliphatic rings. The third kappa shape index (κ3) is 5.82. The van der Waals surface area contributed by atoms with Crippen molar-refractivity contribution in [2.24, 2.45) is 0 Å². The first-order chi connectivity index (χ1) is 14.5. The molecule has 1 aromatic rings. The minimum Gasteiger partial charge on any atom is -0.442 e. The molecular formula is C20H25F6N3O2. The molecule has 1 unspecified atom stereocenters. The zero-order valence-corrected chi connectivity index (χ0v) is 17.0. The number of carbonyl (C=O) groups excluding carboxylic acids is 1. The van der Waals surface area contributed by atoms with Gasteiger partial charge in [0.2, 0.25) is 0 Å². The van der Waals surface area contributed by atoms with Crippen LogP contribution in [0.15, 0.2) is 18.2 Å². The molecule has 0 radical (unpaired) electrons. The Morgan fingerprint density at radius 3 is 2.35 bits per heavy atom. The summed E-state index contributed by atoms with van der Waals surface area (Å²) in [6.07, 6.45) is -13.4. The first kappa shape index (κ1) is 23.6. The number of alkyl halides is 6. The molecule has 5 nitrogen and oxygen atoms in total. The topological polar surface area (TPSA) is 44.8 Å². The number of aryl methyl sites for hydroxylation is 1. The largest absolute Gasteiger partial charge is 0.442 e. The predicted octanol–water partition coefficient (Wildman–Crippen LogP) is 3.41. The lowest BCUT2D eigenvalue weighted by Crippen LogP contribution is -2.57. The average molecular weight is 453 g/mol. The number of nitrogens with one attached hydrogen (secondary N) is 1. The molecule has 0 saturated carbocycles. The van der Waals surface area contributed by atoms with Gasteiger partial charge in [0.25, 0.3) is 6.10 Å². The van der Waals surface area contributed by atoms with Crippen molar-refractivity contribution in [3.05, 3.63) is 29.3 Å². The molecule has 0 aromatic heterocycles. The smallest absolute Gasteiger partial charge is 0.434 e. The van der Waals surface area contributed by atoms with E-state index < -0.39 is 30.5 Å². The highest BCUT2D eigenvalue weighted by Gasteiger charge is 2.60. The van der Waals surface area contributed by atoms with E-state index in [0.717, 1.165) is 42.7 Å². The third-order valence-corrected chi connectivity index (χ3v) is 5.63. The number of nitrogens with zero attached hydrogens (tertiary/aromatic N) is 2. The molecule has 0 amide bonds. The maximum atomic E-state index is 12.8. The van der Waals surface area contributed by atoms with Crippen LogP contribution in [0.1, 0.15) is 24.0 Å². The minimum atomic E-state index is -5.73. The van der Waals surface area contributed by atoms with Crippen molar-refractivity contribution < 1.29 is 35.9 Å². The number of rotatable bonds is 5. The lowest BCUT2D eigenvalue weighted by atomic mass is 10.0. The van der Waals surface area contributed by atoms with E-state index >= 15 is 0 Å². The van der Waals surface area contributed by atoms with E-state index in [4.69, 9.17) is 0 Å². The molecule has 2 saturated heterocycles. The predicted molar refractivity (Wildman–Crippen MR) is 102 cm³/mol. The van der Waals surface area contributed by atoms with Crippen molar-refractivity contribution in [1.29, 1.82) is 0 Å². The normalized spacial score (nSPS) is 21.0. The van der Waals surface area contributed by atoms with E-state index in [9.17, 15) is 31.1 Å². The molecule has 0 aliphatic carbocycles. The molecule has 0 spiro atoms. The Hall–Kier alpha value is -2.01.